The van der Waals surface area contributed by atoms with Crippen molar-refractivity contribution in [3.63, 3.8) is 0 Å². The van der Waals surface area contributed by atoms with Gasteiger partial charge in [-0.2, -0.15) is 72.1 Å². The molecule has 0 spiro atoms. The van der Waals surface area contributed by atoms with E-state index in [-0.39, 0.29) is 172 Å². The first-order valence-corrected chi connectivity index (χ1v) is 41.6. The quantitative estimate of drug-likeness (QED) is 0.0860. The van der Waals surface area contributed by atoms with Crippen LogP contribution in [0.3, 0.4) is 0 Å². The Morgan fingerprint density at radius 3 is 0.908 bits per heavy atom. The number of hydrogen-bond acceptors (Lipinski definition) is 22. The second kappa shape index (κ2) is 36.1. The van der Waals surface area contributed by atoms with E-state index in [1.165, 1.54) is 89.1 Å². The maximum Gasteiger partial charge on any atom is 0.416 e. The van der Waals surface area contributed by atoms with E-state index in [4.69, 9.17) is 14.2 Å². The van der Waals surface area contributed by atoms with Crippen LogP contribution >= 0.6 is 12.1 Å². The lowest BCUT2D eigenvalue weighted by atomic mass is 9.95. The van der Waals surface area contributed by atoms with Crippen molar-refractivity contribution in [2.75, 3.05) is 80.0 Å². The molecule has 3 aromatic heterocycles. The Kier molecular flexibility index (Phi) is 26.5. The topological polar surface area (TPSA) is 350 Å². The number of morpholine rings is 3. The summed E-state index contributed by atoms with van der Waals surface area (Å²) in [6.07, 6.45) is -10.7. The average Bonchev–Trinajstić information content (AvgIpc) is 0.810. The van der Waals surface area contributed by atoms with Crippen molar-refractivity contribution in [1.82, 2.24) is 28.4 Å². The molecule has 0 N–H and O–H groups in total. The summed E-state index contributed by atoms with van der Waals surface area (Å²) in [6.45, 7) is -1.45. The highest BCUT2D eigenvalue weighted by Crippen LogP contribution is 2.43. The number of hydrogen-bond donors (Lipinski definition) is 0. The molecular formula is C76H63F13N12O15S4. The molecular weight excluding hydrogens is 1700 g/mol. The molecule has 6 saturated heterocycles. The highest BCUT2D eigenvalue weighted by atomic mass is 32.2. The van der Waals surface area contributed by atoms with Crippen molar-refractivity contribution in [3.05, 3.63) is 214 Å². The summed E-state index contributed by atoms with van der Waals surface area (Å²) < 4.78 is 287. The van der Waals surface area contributed by atoms with Crippen molar-refractivity contribution >= 4 is 77.0 Å². The first-order chi connectivity index (χ1) is 56.8. The largest absolute Gasteiger partial charge is 0.416 e. The van der Waals surface area contributed by atoms with Crippen LogP contribution in [0.5, 0.6) is 0 Å². The van der Waals surface area contributed by atoms with E-state index in [9.17, 15) is 98.8 Å². The Morgan fingerprint density at radius 2 is 0.683 bits per heavy atom. The molecule has 120 heavy (non-hydrogen) atoms. The van der Waals surface area contributed by atoms with Gasteiger partial charge in [0.05, 0.1) is 104 Å². The first-order valence-electron chi connectivity index (χ1n) is 35.7. The minimum Gasteiger partial charge on any atom is -0.365 e. The van der Waals surface area contributed by atoms with Crippen molar-refractivity contribution < 1.29 is 124 Å². The molecule has 0 bridgehead atoms. The summed E-state index contributed by atoms with van der Waals surface area (Å²) in [5, 5.41) is 40.4. The molecule has 44 heteroatoms. The van der Waals surface area contributed by atoms with Crippen LogP contribution in [0.2, 0.25) is 0 Å². The minimum absolute atomic E-state index is 0.0289. The average molecular weight is 1760 g/mol. The van der Waals surface area contributed by atoms with Crippen LogP contribution in [0.25, 0.3) is 33.4 Å². The number of anilines is 3. The van der Waals surface area contributed by atoms with E-state index in [0.29, 0.717) is 0 Å². The van der Waals surface area contributed by atoms with Gasteiger partial charge >= 0.3 is 18.5 Å². The van der Waals surface area contributed by atoms with Crippen molar-refractivity contribution in [1.29, 1.82) is 15.8 Å². The molecule has 3 amide bonds. The van der Waals surface area contributed by atoms with Crippen LogP contribution in [0.4, 0.5) is 73.6 Å². The summed E-state index contributed by atoms with van der Waals surface area (Å²) >= 11 is 0.250. The maximum absolute atomic E-state index is 15.3. The van der Waals surface area contributed by atoms with Crippen molar-refractivity contribution in [3.8, 4) is 51.6 Å². The van der Waals surface area contributed by atoms with Crippen molar-refractivity contribution in [2.24, 2.45) is 0 Å². The normalized spacial score (nSPS) is 20.1. The highest BCUT2D eigenvalue weighted by Gasteiger charge is 2.49. The van der Waals surface area contributed by atoms with Gasteiger partial charge in [-0.05, 0) is 109 Å². The lowest BCUT2D eigenvalue weighted by molar-refractivity contribution is -0.138. The number of halogens is 13. The third-order valence-corrected chi connectivity index (χ3v) is 25.4. The van der Waals surface area contributed by atoms with Gasteiger partial charge in [-0.25, -0.2) is 38.4 Å². The number of rotatable bonds is 15. The zero-order chi connectivity index (χ0) is 86.6. The van der Waals surface area contributed by atoms with E-state index >= 15 is 13.2 Å². The van der Waals surface area contributed by atoms with E-state index in [1.807, 2.05) is 18.2 Å². The number of piperidine rings is 3. The monoisotopic (exact) mass is 1760 g/mol. The van der Waals surface area contributed by atoms with Gasteiger partial charge in [0.25, 0.3) is 17.7 Å². The molecule has 632 valence electrons. The van der Waals surface area contributed by atoms with Crippen LogP contribution in [-0.4, -0.2) is 173 Å². The van der Waals surface area contributed by atoms with Crippen LogP contribution < -0.4 is 14.7 Å². The second-order valence-corrected chi connectivity index (χ2v) is 33.7. The molecule has 0 radical (unpaired) electrons. The smallest absolute Gasteiger partial charge is 0.365 e. The summed E-state index contributed by atoms with van der Waals surface area (Å²) in [4.78, 5) is 42.5. The number of nitriles is 3. The molecule has 6 fully saturated rings. The fourth-order valence-corrected chi connectivity index (χ4v) is 19.0. The van der Waals surface area contributed by atoms with E-state index in [1.54, 1.807) is 0 Å². The zero-order valence-electron chi connectivity index (χ0n) is 62.0. The molecule has 0 saturated carbocycles. The van der Waals surface area contributed by atoms with Gasteiger partial charge in [0.1, 0.15) is 91.5 Å². The summed E-state index contributed by atoms with van der Waals surface area (Å²) in [6, 6.07) is 26.3. The van der Waals surface area contributed by atoms with Gasteiger partial charge < -0.3 is 42.5 Å². The van der Waals surface area contributed by atoms with Gasteiger partial charge in [0.15, 0.2) is 0 Å². The number of fused-ring (bicyclic) bond motifs is 3. The minimum atomic E-state index is -4.64. The first kappa shape index (κ1) is 88.2. The molecule has 27 nitrogen and oxygen atoms in total. The SMILES string of the molecule is CSF.N#Cc1cc(-c2cccc(C(F)(F)F)c2)c(F)cc1N1C(=O)CO[C@@H]2CN(S(=O)(=O)Cc3ccon3)CC[C@H]21.N#Cc1cc(-c2cccc(C(F)(F)F)c2)c(F)cc1N1C(=O)CO[C@H]2CN(S(=O)(=O)Cc3ccon3)CC[C@@H]21.N#Cc1cc(-c2cccc(C(F)(F)F)c2)c(F)cc1N1C(=O)CO[C@H]2CN(S(=O)(=O)Cc3ccon3)CC[C@@H]21. The number of carbonyl (C=O) groups is 3. The van der Waals surface area contributed by atoms with Crippen molar-refractivity contribution in [2.45, 2.75) is 91.5 Å². The summed E-state index contributed by atoms with van der Waals surface area (Å²) in [5.41, 5.74) is -3.73. The lowest BCUT2D eigenvalue weighted by Gasteiger charge is -2.46. The van der Waals surface area contributed by atoms with Gasteiger partial charge in [-0.15, -0.1) is 0 Å². The standard InChI is InChI=1S/3C25H20F4N4O5S.CH3FS/c3*26-20-10-22(16(11-30)9-19(20)15-2-1-3-17(8-15)25(27,28)29)33-21-4-6-32(12-23(21)37-13-24(33)34)39(35,36)14-18-5-7-38-31-18;1-3-2/h3*1-3,5,7-10,21,23H,4,6,12-14H2;1H3/t3*21-,23-;/m100./s1. The molecule has 15 rings (SSSR count). The fourth-order valence-electron chi connectivity index (χ4n) is 14.6. The van der Waals surface area contributed by atoms with Gasteiger partial charge in [-0.1, -0.05) is 51.9 Å². The van der Waals surface area contributed by atoms with Crippen LogP contribution in [0, 0.1) is 51.4 Å². The Balaban J connectivity index is 0.000000162. The fraction of sp³-hybridized carbons (Fsp3) is 0.329. The maximum atomic E-state index is 15.3. The van der Waals surface area contributed by atoms with E-state index in [2.05, 4.69) is 29.0 Å². The van der Waals surface area contributed by atoms with Crippen LogP contribution in [-0.2, 0) is 94.5 Å². The number of benzene rings is 6. The Labute approximate surface area is 678 Å². The van der Waals surface area contributed by atoms with Crippen LogP contribution in [0.15, 0.2) is 160 Å². The van der Waals surface area contributed by atoms with Gasteiger partial charge in [-0.3, -0.25) is 14.4 Å². The molecule has 9 heterocycles. The summed E-state index contributed by atoms with van der Waals surface area (Å²) in [5.74, 6) is -5.60. The lowest BCUT2D eigenvalue weighted by Crippen LogP contribution is -2.62. The number of aromatic nitrogens is 3. The third-order valence-electron chi connectivity index (χ3n) is 20.1. The number of nitrogens with zero attached hydrogens (tertiary/aromatic N) is 12. The number of amides is 3. The zero-order valence-corrected chi connectivity index (χ0v) is 65.2. The molecule has 6 aliphatic rings. The van der Waals surface area contributed by atoms with Crippen LogP contribution in [0.1, 0.15) is 69.7 Å². The van der Waals surface area contributed by atoms with Gasteiger partial charge in [0, 0.05) is 92.6 Å². The molecule has 9 aromatic rings. The molecule has 6 aliphatic heterocycles. The van der Waals surface area contributed by atoms with E-state index < -0.39 is 157 Å². The predicted molar refractivity (Wildman–Crippen MR) is 398 cm³/mol. The Hall–Kier alpha value is -11.1. The highest BCUT2D eigenvalue weighted by molar-refractivity contribution is 7.93. The summed E-state index contributed by atoms with van der Waals surface area (Å²) in [7, 11) is -11.4. The number of sulfonamides is 3. The molecule has 6 aromatic carbocycles. The van der Waals surface area contributed by atoms with Gasteiger partial charge in [0.2, 0.25) is 30.1 Å². The Bertz CT molecular complexity index is 5240. The molecule has 6 atom stereocenters. The number of alkyl halides is 9. The second-order valence-electron chi connectivity index (χ2n) is 27.5. The molecule has 0 unspecified atom stereocenters. The Morgan fingerprint density at radius 1 is 0.425 bits per heavy atom. The number of carbonyl (C=O) groups excluding carboxylic acids is 3. The third kappa shape index (κ3) is 19.7. The molecule has 0 aliphatic carbocycles. The predicted octanol–water partition coefficient (Wildman–Crippen LogP) is 12.4. The number of ether oxygens (including phenoxy) is 3. The van der Waals surface area contributed by atoms with E-state index in [0.717, 1.165) is 91.0 Å².